The minimum atomic E-state index is -0.100. The van der Waals surface area contributed by atoms with Crippen molar-refractivity contribution in [1.29, 1.82) is 0 Å². The zero-order valence-corrected chi connectivity index (χ0v) is 15.9. The lowest BCUT2D eigenvalue weighted by Gasteiger charge is -2.08. The number of rotatable bonds is 5. The topological polar surface area (TPSA) is 59.8 Å². The maximum atomic E-state index is 12.6. The molecule has 3 heterocycles. The van der Waals surface area contributed by atoms with Crippen molar-refractivity contribution >= 4 is 35.2 Å². The van der Waals surface area contributed by atoms with Gasteiger partial charge in [0.2, 0.25) is 0 Å². The van der Waals surface area contributed by atoms with Crippen molar-refractivity contribution in [3.8, 4) is 0 Å². The minimum Gasteiger partial charge on any atom is -0.307 e. The van der Waals surface area contributed by atoms with Crippen LogP contribution in [0.1, 0.15) is 27.2 Å². The number of pyridine rings is 1. The molecule has 0 aliphatic carbocycles. The molecule has 0 bridgehead atoms. The molecular weight excluding hydrogens is 364 g/mol. The number of carbonyl (C=O) groups is 1. The lowest BCUT2D eigenvalue weighted by Crippen LogP contribution is -2.15. The van der Waals surface area contributed by atoms with Crippen molar-refractivity contribution in [3.05, 3.63) is 71.0 Å². The number of fused-ring (bicyclic) bond motifs is 1. The average molecular weight is 383 g/mol. The van der Waals surface area contributed by atoms with Crippen LogP contribution in [0.4, 0.5) is 5.82 Å². The summed E-state index contributed by atoms with van der Waals surface area (Å²) in [5.41, 5.74) is 4.04. The van der Waals surface area contributed by atoms with E-state index in [1.807, 2.05) is 61.3 Å². The molecule has 0 spiro atoms. The van der Waals surface area contributed by atoms with Crippen molar-refractivity contribution in [2.45, 2.75) is 22.3 Å². The van der Waals surface area contributed by atoms with E-state index in [2.05, 4.69) is 15.4 Å². The molecule has 0 saturated heterocycles. The van der Waals surface area contributed by atoms with Crippen molar-refractivity contribution in [2.24, 2.45) is 7.05 Å². The highest BCUT2D eigenvalue weighted by molar-refractivity contribution is 7.98. The normalized spacial score (nSPS) is 12.8. The predicted molar refractivity (Wildman–Crippen MR) is 106 cm³/mol. The molecule has 1 aromatic carbocycles. The SMILES string of the molecule is Cn1nc2c(c1NC(=O)c1ccc(CSc3ccccn3)cc1)CSC2. The first kappa shape index (κ1) is 17.2. The molecule has 0 unspecified atom stereocenters. The van der Waals surface area contributed by atoms with Crippen LogP contribution >= 0.6 is 23.5 Å². The van der Waals surface area contributed by atoms with Crippen molar-refractivity contribution in [2.75, 3.05) is 5.32 Å². The van der Waals surface area contributed by atoms with Gasteiger partial charge in [-0.15, -0.1) is 11.8 Å². The Morgan fingerprint density at radius 2 is 2.08 bits per heavy atom. The summed E-state index contributed by atoms with van der Waals surface area (Å²) < 4.78 is 1.76. The largest absolute Gasteiger partial charge is 0.307 e. The Morgan fingerprint density at radius 3 is 2.85 bits per heavy atom. The second kappa shape index (κ2) is 7.55. The Kier molecular flexibility index (Phi) is 4.99. The predicted octanol–water partition coefficient (Wildman–Crippen LogP) is 4.11. The second-order valence-corrected chi connectivity index (χ2v) is 7.98. The van der Waals surface area contributed by atoms with Gasteiger partial charge in [-0.1, -0.05) is 18.2 Å². The molecule has 26 heavy (non-hydrogen) atoms. The van der Waals surface area contributed by atoms with E-state index in [-0.39, 0.29) is 5.91 Å². The first-order valence-electron chi connectivity index (χ1n) is 8.27. The van der Waals surface area contributed by atoms with Gasteiger partial charge in [0.1, 0.15) is 5.82 Å². The van der Waals surface area contributed by atoms with Crippen LogP contribution in [0.25, 0.3) is 0 Å². The summed E-state index contributed by atoms with van der Waals surface area (Å²) >= 11 is 3.51. The minimum absolute atomic E-state index is 0.100. The van der Waals surface area contributed by atoms with E-state index in [4.69, 9.17) is 0 Å². The maximum Gasteiger partial charge on any atom is 0.256 e. The van der Waals surface area contributed by atoms with Crippen LogP contribution in [0.2, 0.25) is 0 Å². The smallest absolute Gasteiger partial charge is 0.256 e. The number of amides is 1. The molecule has 1 amide bonds. The Bertz CT molecular complexity index is 923. The van der Waals surface area contributed by atoms with Crippen molar-refractivity contribution in [1.82, 2.24) is 14.8 Å². The standard InChI is InChI=1S/C19H18N4OS2/c1-23-18(15-11-25-12-16(15)22-23)21-19(24)14-7-5-13(6-8-14)10-26-17-4-2-3-9-20-17/h2-9H,10-12H2,1H3,(H,21,24). The zero-order chi connectivity index (χ0) is 17.9. The zero-order valence-electron chi connectivity index (χ0n) is 14.3. The molecule has 7 heteroatoms. The summed E-state index contributed by atoms with van der Waals surface area (Å²) in [6, 6.07) is 13.6. The third-order valence-electron chi connectivity index (χ3n) is 4.19. The van der Waals surface area contributed by atoms with E-state index in [0.717, 1.165) is 44.9 Å². The van der Waals surface area contributed by atoms with Gasteiger partial charge >= 0.3 is 0 Å². The van der Waals surface area contributed by atoms with E-state index in [0.29, 0.717) is 5.56 Å². The van der Waals surface area contributed by atoms with Gasteiger partial charge in [-0.3, -0.25) is 9.48 Å². The molecule has 5 nitrogen and oxygen atoms in total. The molecule has 3 aromatic rings. The fourth-order valence-electron chi connectivity index (χ4n) is 2.82. The monoisotopic (exact) mass is 382 g/mol. The second-order valence-electron chi connectivity index (χ2n) is 6.00. The molecule has 132 valence electrons. The number of nitrogens with one attached hydrogen (secondary N) is 1. The van der Waals surface area contributed by atoms with E-state index >= 15 is 0 Å². The van der Waals surface area contributed by atoms with Crippen molar-refractivity contribution in [3.63, 3.8) is 0 Å². The number of hydrogen-bond acceptors (Lipinski definition) is 5. The van der Waals surface area contributed by atoms with Crippen LogP contribution in [-0.4, -0.2) is 20.7 Å². The first-order valence-corrected chi connectivity index (χ1v) is 10.4. The van der Waals surface area contributed by atoms with E-state index < -0.39 is 0 Å². The lowest BCUT2D eigenvalue weighted by atomic mass is 10.1. The highest BCUT2D eigenvalue weighted by atomic mass is 32.2. The van der Waals surface area contributed by atoms with Crippen LogP contribution in [0.3, 0.4) is 0 Å². The third-order valence-corrected chi connectivity index (χ3v) is 6.17. The summed E-state index contributed by atoms with van der Waals surface area (Å²) in [6.07, 6.45) is 1.80. The van der Waals surface area contributed by atoms with Gasteiger partial charge in [-0.2, -0.15) is 16.9 Å². The van der Waals surface area contributed by atoms with Crippen LogP contribution in [0.5, 0.6) is 0 Å². The van der Waals surface area contributed by atoms with Gasteiger partial charge in [0.25, 0.3) is 5.91 Å². The van der Waals surface area contributed by atoms with Crippen LogP contribution < -0.4 is 5.32 Å². The highest BCUT2D eigenvalue weighted by Gasteiger charge is 2.22. The fourth-order valence-corrected chi connectivity index (χ4v) is 4.67. The Morgan fingerprint density at radius 1 is 1.23 bits per heavy atom. The van der Waals surface area contributed by atoms with E-state index in [1.165, 1.54) is 0 Å². The summed E-state index contributed by atoms with van der Waals surface area (Å²) in [5.74, 6) is 3.36. The number of hydrogen-bond donors (Lipinski definition) is 1. The Balaban J connectivity index is 1.41. The van der Waals surface area contributed by atoms with Crippen LogP contribution in [0.15, 0.2) is 53.7 Å². The van der Waals surface area contributed by atoms with E-state index in [1.54, 1.807) is 22.6 Å². The van der Waals surface area contributed by atoms with Crippen molar-refractivity contribution < 1.29 is 4.79 Å². The average Bonchev–Trinajstić information content (AvgIpc) is 3.23. The quantitative estimate of drug-likeness (QED) is 0.673. The Labute approximate surface area is 160 Å². The number of aryl methyl sites for hydroxylation is 1. The fraction of sp³-hybridized carbons (Fsp3) is 0.211. The molecule has 2 aromatic heterocycles. The van der Waals surface area contributed by atoms with Crippen LogP contribution in [0, 0.1) is 0 Å². The molecule has 4 rings (SSSR count). The number of benzene rings is 1. The summed E-state index contributed by atoms with van der Waals surface area (Å²) in [4.78, 5) is 16.9. The number of nitrogens with zero attached hydrogens (tertiary/aromatic N) is 3. The van der Waals surface area contributed by atoms with Gasteiger partial charge in [-0.25, -0.2) is 4.98 Å². The van der Waals surface area contributed by atoms with Gasteiger partial charge in [0.05, 0.1) is 10.7 Å². The van der Waals surface area contributed by atoms with Gasteiger partial charge < -0.3 is 5.32 Å². The highest BCUT2D eigenvalue weighted by Crippen LogP contribution is 2.34. The van der Waals surface area contributed by atoms with Gasteiger partial charge in [0.15, 0.2) is 0 Å². The number of anilines is 1. The molecule has 0 radical (unpaired) electrons. The number of thioether (sulfide) groups is 2. The summed E-state index contributed by atoms with van der Waals surface area (Å²) in [6.45, 7) is 0. The molecule has 0 atom stereocenters. The number of carbonyl (C=O) groups excluding carboxylic acids is 1. The molecule has 1 aliphatic heterocycles. The summed E-state index contributed by atoms with van der Waals surface area (Å²) in [7, 11) is 1.87. The maximum absolute atomic E-state index is 12.6. The van der Waals surface area contributed by atoms with E-state index in [9.17, 15) is 4.79 Å². The van der Waals surface area contributed by atoms with Crippen LogP contribution in [-0.2, 0) is 24.3 Å². The number of aromatic nitrogens is 3. The molecule has 1 N–H and O–H groups in total. The molecule has 0 fully saturated rings. The first-order chi connectivity index (χ1) is 12.7. The molecule has 0 saturated carbocycles. The Hall–Kier alpha value is -2.25. The molecular formula is C19H18N4OS2. The van der Waals surface area contributed by atoms with Gasteiger partial charge in [0, 0.05) is 41.6 Å². The third kappa shape index (κ3) is 3.64. The molecule has 1 aliphatic rings. The lowest BCUT2D eigenvalue weighted by molar-refractivity contribution is 0.102. The van der Waals surface area contributed by atoms with Gasteiger partial charge in [-0.05, 0) is 29.8 Å². The summed E-state index contributed by atoms with van der Waals surface area (Å²) in [5, 5.41) is 8.49.